The molecule has 0 saturated carbocycles. The van der Waals surface area contributed by atoms with Crippen LogP contribution in [0.1, 0.15) is 46.3 Å². The minimum atomic E-state index is -0.791. The third-order valence-electron chi connectivity index (χ3n) is 5.46. The standard InChI is InChI=1S/C19H26N2O4S/c1-12-3-4-15-14(9-12)10-16(26-15)18(23)20(2)11-17(22)21-7-5-13(6-8-21)19(24)25/h10,12-13H,3-9,11H2,1-2H3,(H,24,25). The van der Waals surface area contributed by atoms with Crippen LogP contribution in [-0.4, -0.2) is 59.4 Å². The van der Waals surface area contributed by atoms with Crippen LogP contribution in [0.3, 0.4) is 0 Å². The van der Waals surface area contributed by atoms with E-state index in [0.717, 1.165) is 12.8 Å². The molecule has 2 heterocycles. The first kappa shape index (κ1) is 18.9. The van der Waals surface area contributed by atoms with Gasteiger partial charge in [-0.3, -0.25) is 14.4 Å². The topological polar surface area (TPSA) is 77.9 Å². The van der Waals surface area contributed by atoms with Crippen LogP contribution >= 0.6 is 11.3 Å². The van der Waals surface area contributed by atoms with E-state index in [1.165, 1.54) is 21.8 Å². The second-order valence-corrected chi connectivity index (χ2v) is 8.70. The molecule has 1 aromatic rings. The van der Waals surface area contributed by atoms with Crippen molar-refractivity contribution < 1.29 is 19.5 Å². The molecule has 6 nitrogen and oxygen atoms in total. The van der Waals surface area contributed by atoms with Gasteiger partial charge in [-0.25, -0.2) is 0 Å². The van der Waals surface area contributed by atoms with Crippen molar-refractivity contribution in [3.05, 3.63) is 21.4 Å². The molecule has 1 saturated heterocycles. The summed E-state index contributed by atoms with van der Waals surface area (Å²) in [6, 6.07) is 2.00. The number of nitrogens with zero attached hydrogens (tertiary/aromatic N) is 2. The normalized spacial score (nSPS) is 20.5. The molecular formula is C19H26N2O4S. The molecule has 2 amide bonds. The first-order chi connectivity index (χ1) is 12.3. The number of rotatable bonds is 4. The summed E-state index contributed by atoms with van der Waals surface area (Å²) < 4.78 is 0. The lowest BCUT2D eigenvalue weighted by Crippen LogP contribution is -2.45. The van der Waals surface area contributed by atoms with Gasteiger partial charge >= 0.3 is 5.97 Å². The van der Waals surface area contributed by atoms with Gasteiger partial charge in [-0.05, 0) is 49.7 Å². The molecule has 1 fully saturated rings. The maximum Gasteiger partial charge on any atom is 0.306 e. The molecule has 1 N–H and O–H groups in total. The van der Waals surface area contributed by atoms with Crippen LogP contribution in [0.5, 0.6) is 0 Å². The summed E-state index contributed by atoms with van der Waals surface area (Å²) in [7, 11) is 1.66. The Morgan fingerprint density at radius 2 is 1.96 bits per heavy atom. The van der Waals surface area contributed by atoms with Gasteiger partial charge in [0.15, 0.2) is 0 Å². The minimum Gasteiger partial charge on any atom is -0.481 e. The number of fused-ring (bicyclic) bond motifs is 1. The van der Waals surface area contributed by atoms with Gasteiger partial charge < -0.3 is 14.9 Å². The molecule has 7 heteroatoms. The molecule has 1 aromatic heterocycles. The Bertz CT molecular complexity index is 706. The highest BCUT2D eigenvalue weighted by atomic mass is 32.1. The molecule has 1 aliphatic heterocycles. The number of carboxylic acids is 1. The van der Waals surface area contributed by atoms with Crippen molar-refractivity contribution in [1.29, 1.82) is 0 Å². The van der Waals surface area contributed by atoms with Crippen LogP contribution in [0, 0.1) is 11.8 Å². The highest BCUT2D eigenvalue weighted by Crippen LogP contribution is 2.32. The number of aliphatic carboxylic acids is 1. The number of carbonyl (C=O) groups excluding carboxylic acids is 2. The zero-order valence-electron chi connectivity index (χ0n) is 15.4. The van der Waals surface area contributed by atoms with Gasteiger partial charge in [-0.2, -0.15) is 0 Å². The largest absolute Gasteiger partial charge is 0.481 e. The van der Waals surface area contributed by atoms with Gasteiger partial charge in [-0.15, -0.1) is 11.3 Å². The molecule has 1 atom stereocenters. The number of likely N-dealkylation sites (N-methyl/N-ethyl adjacent to an activating group) is 1. The lowest BCUT2D eigenvalue weighted by molar-refractivity contribution is -0.145. The second-order valence-electron chi connectivity index (χ2n) is 7.56. The van der Waals surface area contributed by atoms with Crippen LogP contribution in [0.25, 0.3) is 0 Å². The molecule has 0 bridgehead atoms. The highest BCUT2D eigenvalue weighted by molar-refractivity contribution is 7.14. The molecular weight excluding hydrogens is 352 g/mol. The first-order valence-corrected chi connectivity index (χ1v) is 10.0. The fourth-order valence-electron chi connectivity index (χ4n) is 3.75. The first-order valence-electron chi connectivity index (χ1n) is 9.22. The molecule has 26 heavy (non-hydrogen) atoms. The fourth-order valence-corrected chi connectivity index (χ4v) is 4.95. The number of thiophene rings is 1. The van der Waals surface area contributed by atoms with E-state index in [9.17, 15) is 14.4 Å². The van der Waals surface area contributed by atoms with Crippen molar-refractivity contribution in [1.82, 2.24) is 9.80 Å². The van der Waals surface area contributed by atoms with E-state index in [-0.39, 0.29) is 24.3 Å². The van der Waals surface area contributed by atoms with Gasteiger partial charge in [0.2, 0.25) is 5.91 Å². The van der Waals surface area contributed by atoms with Gasteiger partial charge in [0.05, 0.1) is 17.3 Å². The second kappa shape index (κ2) is 7.78. The van der Waals surface area contributed by atoms with Gasteiger partial charge in [-0.1, -0.05) is 6.92 Å². The quantitative estimate of drug-likeness (QED) is 0.872. The molecule has 0 aromatic carbocycles. The van der Waals surface area contributed by atoms with Crippen LogP contribution in [-0.2, 0) is 22.4 Å². The number of carbonyl (C=O) groups is 3. The average molecular weight is 378 g/mol. The van der Waals surface area contributed by atoms with Crippen molar-refractivity contribution in [2.45, 2.75) is 39.0 Å². The number of hydrogen-bond donors (Lipinski definition) is 1. The molecule has 0 radical (unpaired) electrons. The third-order valence-corrected chi connectivity index (χ3v) is 6.68. The number of carboxylic acid groups (broad SMARTS) is 1. The van der Waals surface area contributed by atoms with Crippen molar-refractivity contribution >= 4 is 29.1 Å². The zero-order chi connectivity index (χ0) is 18.8. The number of amides is 2. The van der Waals surface area contributed by atoms with Crippen LogP contribution in [0.4, 0.5) is 0 Å². The van der Waals surface area contributed by atoms with E-state index in [1.54, 1.807) is 23.3 Å². The Morgan fingerprint density at radius 3 is 2.62 bits per heavy atom. The van der Waals surface area contributed by atoms with Crippen LogP contribution in [0.15, 0.2) is 6.07 Å². The van der Waals surface area contributed by atoms with Gasteiger partial charge in [0, 0.05) is 25.0 Å². The Balaban J connectivity index is 1.56. The van der Waals surface area contributed by atoms with Crippen molar-refractivity contribution in [2.75, 3.05) is 26.7 Å². The summed E-state index contributed by atoms with van der Waals surface area (Å²) in [6.07, 6.45) is 4.20. The lowest BCUT2D eigenvalue weighted by Gasteiger charge is -2.31. The van der Waals surface area contributed by atoms with Gasteiger partial charge in [0.1, 0.15) is 0 Å². The third kappa shape index (κ3) is 4.09. The number of aryl methyl sites for hydroxylation is 1. The van der Waals surface area contributed by atoms with Crippen molar-refractivity contribution in [2.24, 2.45) is 11.8 Å². The summed E-state index contributed by atoms with van der Waals surface area (Å²) in [6.45, 7) is 3.17. The molecule has 1 aliphatic carbocycles. The molecule has 0 spiro atoms. The molecule has 2 aliphatic rings. The predicted molar refractivity (Wildman–Crippen MR) is 99.4 cm³/mol. The van der Waals surface area contributed by atoms with E-state index in [1.807, 2.05) is 6.07 Å². The van der Waals surface area contributed by atoms with Crippen LogP contribution < -0.4 is 0 Å². The number of likely N-dealkylation sites (tertiary alicyclic amines) is 1. The Morgan fingerprint density at radius 1 is 1.27 bits per heavy atom. The molecule has 142 valence electrons. The number of piperidine rings is 1. The summed E-state index contributed by atoms with van der Waals surface area (Å²) in [5.74, 6) is -0.711. The Kier molecular flexibility index (Phi) is 5.65. The Labute approximate surface area is 157 Å². The SMILES string of the molecule is CC1CCc2sc(C(=O)N(C)CC(=O)N3CCC(C(=O)O)CC3)cc2C1. The lowest BCUT2D eigenvalue weighted by atomic mass is 9.90. The van der Waals surface area contributed by atoms with Crippen LogP contribution in [0.2, 0.25) is 0 Å². The predicted octanol–water partition coefficient (Wildman–Crippen LogP) is 2.27. The maximum atomic E-state index is 12.7. The van der Waals surface area contributed by atoms with E-state index in [4.69, 9.17) is 5.11 Å². The number of hydrogen-bond acceptors (Lipinski definition) is 4. The smallest absolute Gasteiger partial charge is 0.306 e. The molecule has 3 rings (SSSR count). The van der Waals surface area contributed by atoms with Crippen molar-refractivity contribution in [3.63, 3.8) is 0 Å². The van der Waals surface area contributed by atoms with E-state index in [0.29, 0.717) is 36.7 Å². The summed E-state index contributed by atoms with van der Waals surface area (Å²) in [5, 5.41) is 9.04. The zero-order valence-corrected chi connectivity index (χ0v) is 16.2. The van der Waals surface area contributed by atoms with Crippen molar-refractivity contribution in [3.8, 4) is 0 Å². The van der Waals surface area contributed by atoms with E-state index in [2.05, 4.69) is 6.92 Å². The summed E-state index contributed by atoms with van der Waals surface area (Å²) in [4.78, 5) is 41.3. The van der Waals surface area contributed by atoms with E-state index < -0.39 is 5.97 Å². The fraction of sp³-hybridized carbons (Fsp3) is 0.632. The monoisotopic (exact) mass is 378 g/mol. The summed E-state index contributed by atoms with van der Waals surface area (Å²) in [5.41, 5.74) is 1.28. The maximum absolute atomic E-state index is 12.7. The van der Waals surface area contributed by atoms with Gasteiger partial charge in [0.25, 0.3) is 5.91 Å². The summed E-state index contributed by atoms with van der Waals surface area (Å²) >= 11 is 1.56. The highest BCUT2D eigenvalue weighted by Gasteiger charge is 2.28. The average Bonchev–Trinajstić information content (AvgIpc) is 3.04. The van der Waals surface area contributed by atoms with E-state index >= 15 is 0 Å². The minimum absolute atomic E-state index is 0.0372. The molecule has 1 unspecified atom stereocenters. The Hall–Kier alpha value is -1.89.